The van der Waals surface area contributed by atoms with Crippen LogP contribution in [0.2, 0.25) is 0 Å². The maximum Gasteiger partial charge on any atom is 0.237 e. The zero-order valence-corrected chi connectivity index (χ0v) is 14.8. The number of benzene rings is 2. The van der Waals surface area contributed by atoms with Gasteiger partial charge >= 0.3 is 0 Å². The van der Waals surface area contributed by atoms with E-state index in [1.165, 1.54) is 10.5 Å². The molecule has 0 fully saturated rings. The molecule has 0 saturated heterocycles. The third-order valence-corrected chi connectivity index (χ3v) is 4.68. The number of hydrogen-bond acceptors (Lipinski definition) is 3. The van der Waals surface area contributed by atoms with Gasteiger partial charge in [-0.25, -0.2) is 0 Å². The van der Waals surface area contributed by atoms with Crippen molar-refractivity contribution in [2.45, 2.75) is 31.0 Å². The maximum atomic E-state index is 12.3. The molecule has 2 rings (SSSR count). The molecule has 0 heterocycles. The molecule has 1 atom stereocenters. The zero-order valence-electron chi connectivity index (χ0n) is 14.0. The van der Waals surface area contributed by atoms with Crippen LogP contribution in [-0.4, -0.2) is 30.2 Å². The fourth-order valence-electron chi connectivity index (χ4n) is 2.29. The van der Waals surface area contributed by atoms with Crippen molar-refractivity contribution in [3.8, 4) is 0 Å². The van der Waals surface area contributed by atoms with Gasteiger partial charge in [-0.3, -0.25) is 9.69 Å². The summed E-state index contributed by atoms with van der Waals surface area (Å²) in [5.74, 6) is 0.0529. The number of likely N-dealkylation sites (N-methyl/N-ethyl adjacent to an activating group) is 1. The minimum Gasteiger partial charge on any atom is -0.351 e. The van der Waals surface area contributed by atoms with Crippen LogP contribution in [0.15, 0.2) is 59.5 Å². The molecule has 0 bridgehead atoms. The Morgan fingerprint density at radius 2 is 1.74 bits per heavy atom. The van der Waals surface area contributed by atoms with Crippen LogP contribution in [0, 0.1) is 0 Å². The molecule has 0 saturated carbocycles. The van der Waals surface area contributed by atoms with Gasteiger partial charge < -0.3 is 5.32 Å². The van der Waals surface area contributed by atoms with Gasteiger partial charge in [-0.05, 0) is 43.5 Å². The number of rotatable bonds is 7. The lowest BCUT2D eigenvalue weighted by Crippen LogP contribution is -2.42. The fourth-order valence-corrected chi connectivity index (χ4v) is 2.70. The van der Waals surface area contributed by atoms with Gasteiger partial charge in [0.1, 0.15) is 0 Å². The molecule has 0 radical (unpaired) electrons. The highest BCUT2D eigenvalue weighted by atomic mass is 32.2. The minimum atomic E-state index is -0.168. The molecule has 4 heteroatoms. The zero-order chi connectivity index (χ0) is 16.7. The lowest BCUT2D eigenvalue weighted by atomic mass is 10.2. The SMILES string of the molecule is CSc1ccc(CN(C)[C@H](C)C(=O)NCc2ccccc2)cc1. The van der Waals surface area contributed by atoms with Crippen molar-refractivity contribution in [2.24, 2.45) is 0 Å². The summed E-state index contributed by atoms with van der Waals surface area (Å²) >= 11 is 1.73. The number of hydrogen-bond donors (Lipinski definition) is 1. The second-order valence-electron chi connectivity index (χ2n) is 5.64. The molecule has 122 valence electrons. The van der Waals surface area contributed by atoms with Crippen molar-refractivity contribution >= 4 is 17.7 Å². The molecule has 23 heavy (non-hydrogen) atoms. The molecule has 2 aromatic rings. The molecule has 3 nitrogen and oxygen atoms in total. The Balaban J connectivity index is 1.85. The van der Waals surface area contributed by atoms with E-state index >= 15 is 0 Å². The summed E-state index contributed by atoms with van der Waals surface area (Å²) in [6, 6.07) is 18.3. The number of carbonyl (C=O) groups excluding carboxylic acids is 1. The largest absolute Gasteiger partial charge is 0.351 e. The second-order valence-corrected chi connectivity index (χ2v) is 6.52. The van der Waals surface area contributed by atoms with Crippen molar-refractivity contribution in [1.82, 2.24) is 10.2 Å². The molecule has 1 amide bonds. The molecule has 0 spiro atoms. The Morgan fingerprint density at radius 1 is 1.09 bits per heavy atom. The minimum absolute atomic E-state index is 0.0529. The monoisotopic (exact) mass is 328 g/mol. The molecular weight excluding hydrogens is 304 g/mol. The summed E-state index contributed by atoms with van der Waals surface area (Å²) in [4.78, 5) is 15.6. The third-order valence-electron chi connectivity index (χ3n) is 3.94. The van der Waals surface area contributed by atoms with Crippen LogP contribution in [0.25, 0.3) is 0 Å². The summed E-state index contributed by atoms with van der Waals surface area (Å²) in [6.45, 7) is 3.27. The van der Waals surface area contributed by atoms with Crippen LogP contribution in [0.3, 0.4) is 0 Å². The molecule has 0 aromatic heterocycles. The van der Waals surface area contributed by atoms with Crippen molar-refractivity contribution in [1.29, 1.82) is 0 Å². The highest BCUT2D eigenvalue weighted by molar-refractivity contribution is 7.98. The van der Waals surface area contributed by atoms with Crippen LogP contribution in [0.1, 0.15) is 18.1 Å². The molecule has 0 aliphatic rings. The Morgan fingerprint density at radius 3 is 2.35 bits per heavy atom. The number of thioether (sulfide) groups is 1. The van der Waals surface area contributed by atoms with E-state index in [9.17, 15) is 4.79 Å². The van der Waals surface area contributed by atoms with Crippen molar-refractivity contribution in [3.05, 3.63) is 65.7 Å². The van der Waals surface area contributed by atoms with Crippen LogP contribution in [0.5, 0.6) is 0 Å². The van der Waals surface area contributed by atoms with Crippen molar-refractivity contribution < 1.29 is 4.79 Å². The van der Waals surface area contributed by atoms with E-state index in [2.05, 4.69) is 40.7 Å². The molecule has 2 aromatic carbocycles. The smallest absolute Gasteiger partial charge is 0.237 e. The Kier molecular flexibility index (Phi) is 6.68. The first-order chi connectivity index (χ1) is 11.1. The Hall–Kier alpha value is -1.78. The van der Waals surface area contributed by atoms with E-state index in [0.29, 0.717) is 6.54 Å². The Labute approximate surface area is 143 Å². The summed E-state index contributed by atoms with van der Waals surface area (Å²) in [7, 11) is 1.98. The van der Waals surface area contributed by atoms with Gasteiger partial charge in [-0.1, -0.05) is 42.5 Å². The average Bonchev–Trinajstić information content (AvgIpc) is 2.60. The van der Waals surface area contributed by atoms with Gasteiger partial charge in [-0.15, -0.1) is 11.8 Å². The van der Waals surface area contributed by atoms with Gasteiger partial charge in [0.2, 0.25) is 5.91 Å². The van der Waals surface area contributed by atoms with Crippen LogP contribution in [0.4, 0.5) is 0 Å². The van der Waals surface area contributed by atoms with Gasteiger partial charge in [0.15, 0.2) is 0 Å². The summed E-state index contributed by atoms with van der Waals surface area (Å²) in [6.07, 6.45) is 2.07. The lowest BCUT2D eigenvalue weighted by molar-refractivity contribution is -0.125. The van der Waals surface area contributed by atoms with E-state index in [1.807, 2.05) is 44.3 Å². The summed E-state index contributed by atoms with van der Waals surface area (Å²) < 4.78 is 0. The number of nitrogens with one attached hydrogen (secondary N) is 1. The van der Waals surface area contributed by atoms with Gasteiger partial charge in [0, 0.05) is 18.0 Å². The van der Waals surface area contributed by atoms with E-state index in [1.54, 1.807) is 11.8 Å². The van der Waals surface area contributed by atoms with E-state index in [-0.39, 0.29) is 11.9 Å². The number of amides is 1. The average molecular weight is 328 g/mol. The maximum absolute atomic E-state index is 12.3. The number of nitrogens with zero attached hydrogens (tertiary/aromatic N) is 1. The van der Waals surface area contributed by atoms with Crippen molar-refractivity contribution in [2.75, 3.05) is 13.3 Å². The quantitative estimate of drug-likeness (QED) is 0.789. The van der Waals surface area contributed by atoms with Crippen molar-refractivity contribution in [3.63, 3.8) is 0 Å². The topological polar surface area (TPSA) is 32.3 Å². The first-order valence-electron chi connectivity index (χ1n) is 7.75. The predicted octanol–water partition coefficient (Wildman–Crippen LogP) is 3.55. The van der Waals surface area contributed by atoms with Crippen LogP contribution in [-0.2, 0) is 17.9 Å². The van der Waals surface area contributed by atoms with E-state index in [0.717, 1.165) is 12.1 Å². The summed E-state index contributed by atoms with van der Waals surface area (Å²) in [5.41, 5.74) is 2.33. The fraction of sp³-hybridized carbons (Fsp3) is 0.316. The molecular formula is C19H24N2OS. The predicted molar refractivity (Wildman–Crippen MR) is 97.4 cm³/mol. The lowest BCUT2D eigenvalue weighted by Gasteiger charge is -2.24. The first-order valence-corrected chi connectivity index (χ1v) is 8.97. The van der Waals surface area contributed by atoms with Crippen LogP contribution >= 0.6 is 11.8 Å². The highest BCUT2D eigenvalue weighted by Crippen LogP contribution is 2.16. The molecule has 0 unspecified atom stereocenters. The van der Waals surface area contributed by atoms with Gasteiger partial charge in [-0.2, -0.15) is 0 Å². The van der Waals surface area contributed by atoms with E-state index < -0.39 is 0 Å². The Bertz CT molecular complexity index is 613. The van der Waals surface area contributed by atoms with Crippen LogP contribution < -0.4 is 5.32 Å². The normalized spacial score (nSPS) is 12.2. The molecule has 1 N–H and O–H groups in total. The first kappa shape index (κ1) is 17.6. The molecule has 0 aliphatic heterocycles. The third kappa shape index (κ3) is 5.41. The molecule has 0 aliphatic carbocycles. The summed E-state index contributed by atoms with van der Waals surface area (Å²) in [5, 5.41) is 3.00. The second kappa shape index (κ2) is 8.75. The van der Waals surface area contributed by atoms with E-state index in [4.69, 9.17) is 0 Å². The highest BCUT2D eigenvalue weighted by Gasteiger charge is 2.17. The number of carbonyl (C=O) groups is 1. The van der Waals surface area contributed by atoms with Gasteiger partial charge in [0.05, 0.1) is 6.04 Å². The standard InChI is InChI=1S/C19H24N2OS/c1-15(19(22)20-13-16-7-5-4-6-8-16)21(2)14-17-9-11-18(23-3)12-10-17/h4-12,15H,13-14H2,1-3H3,(H,20,22)/t15-/m1/s1. The van der Waals surface area contributed by atoms with Gasteiger partial charge in [0.25, 0.3) is 0 Å².